The van der Waals surface area contributed by atoms with E-state index in [9.17, 15) is 25.5 Å². The number of nitro benzene ring substituents is 2. The van der Waals surface area contributed by atoms with Crippen LogP contribution in [-0.2, 0) is 0 Å². The molecule has 0 heterocycles. The Morgan fingerprint density at radius 1 is 1.09 bits per heavy atom. The molecule has 0 saturated heterocycles. The summed E-state index contributed by atoms with van der Waals surface area (Å²) >= 11 is 0. The zero-order valence-corrected chi connectivity index (χ0v) is 12.1. The third-order valence-electron chi connectivity index (χ3n) is 3.25. The van der Waals surface area contributed by atoms with Gasteiger partial charge in [0.25, 0.3) is 11.4 Å². The summed E-state index contributed by atoms with van der Waals surface area (Å²) < 4.78 is 0. The maximum absolute atomic E-state index is 11.0. The van der Waals surface area contributed by atoms with Crippen LogP contribution in [0.15, 0.2) is 42.5 Å². The lowest BCUT2D eigenvalue weighted by Gasteiger charge is -2.02. The Bertz CT molecular complexity index is 849. The first-order valence-corrected chi connectivity index (χ1v) is 6.54. The van der Waals surface area contributed by atoms with Gasteiger partial charge in [-0.25, -0.2) is 0 Å². The van der Waals surface area contributed by atoms with Gasteiger partial charge >= 0.3 is 0 Å². The first kappa shape index (κ1) is 15.9. The van der Waals surface area contributed by atoms with E-state index in [1.165, 1.54) is 36.4 Å². The van der Waals surface area contributed by atoms with Gasteiger partial charge in [0.2, 0.25) is 0 Å². The molecule has 0 spiro atoms. The molecule has 0 bridgehead atoms. The second-order valence-electron chi connectivity index (χ2n) is 4.78. The molecule has 7 heteroatoms. The Balaban J connectivity index is 2.43. The zero-order valence-electron chi connectivity index (χ0n) is 12.1. The van der Waals surface area contributed by atoms with E-state index in [1.807, 2.05) is 6.07 Å². The van der Waals surface area contributed by atoms with E-state index in [0.717, 1.165) is 0 Å². The number of hydrogen-bond acceptors (Lipinski definition) is 5. The molecule has 0 aliphatic carbocycles. The van der Waals surface area contributed by atoms with Gasteiger partial charge in [0.1, 0.15) is 0 Å². The highest BCUT2D eigenvalue weighted by Crippen LogP contribution is 2.24. The van der Waals surface area contributed by atoms with Crippen LogP contribution in [0.1, 0.15) is 16.7 Å². The highest BCUT2D eigenvalue weighted by atomic mass is 16.6. The molecule has 7 nitrogen and oxygen atoms in total. The van der Waals surface area contributed by atoms with Gasteiger partial charge in [-0.3, -0.25) is 20.2 Å². The van der Waals surface area contributed by atoms with Crippen LogP contribution < -0.4 is 0 Å². The largest absolute Gasteiger partial charge is 0.272 e. The molecule has 23 heavy (non-hydrogen) atoms. The van der Waals surface area contributed by atoms with E-state index >= 15 is 0 Å². The number of nitriles is 1. The minimum Gasteiger partial charge on any atom is -0.258 e. The predicted molar refractivity (Wildman–Crippen MR) is 84.4 cm³/mol. The third-order valence-corrected chi connectivity index (χ3v) is 3.25. The Labute approximate surface area is 131 Å². The monoisotopic (exact) mass is 309 g/mol. The summed E-state index contributed by atoms with van der Waals surface area (Å²) in [4.78, 5) is 20.6. The molecule has 0 saturated carbocycles. The van der Waals surface area contributed by atoms with Crippen molar-refractivity contribution in [2.75, 3.05) is 0 Å². The summed E-state index contributed by atoms with van der Waals surface area (Å²) in [5.74, 6) is 0. The third kappa shape index (κ3) is 3.57. The Hall–Kier alpha value is -3.53. The summed E-state index contributed by atoms with van der Waals surface area (Å²) in [6.45, 7) is 1.63. The Kier molecular flexibility index (Phi) is 4.47. The van der Waals surface area contributed by atoms with Crippen LogP contribution in [0.2, 0.25) is 0 Å². The van der Waals surface area contributed by atoms with E-state index in [-0.39, 0.29) is 16.9 Å². The van der Waals surface area contributed by atoms with Crippen LogP contribution >= 0.6 is 0 Å². The average molecular weight is 309 g/mol. The van der Waals surface area contributed by atoms with Gasteiger partial charge in [-0.1, -0.05) is 12.1 Å². The van der Waals surface area contributed by atoms with E-state index in [1.54, 1.807) is 19.1 Å². The van der Waals surface area contributed by atoms with E-state index in [0.29, 0.717) is 16.7 Å². The predicted octanol–water partition coefficient (Wildman–Crippen LogP) is 3.88. The minimum absolute atomic E-state index is 0.0280. The van der Waals surface area contributed by atoms with Crippen molar-refractivity contribution < 1.29 is 9.85 Å². The maximum atomic E-state index is 11.0. The number of aryl methyl sites for hydroxylation is 1. The summed E-state index contributed by atoms with van der Waals surface area (Å²) in [6.07, 6.45) is 1.51. The number of hydrogen-bond donors (Lipinski definition) is 0. The molecule has 0 aliphatic rings. The van der Waals surface area contributed by atoms with Crippen LogP contribution in [0.4, 0.5) is 11.4 Å². The van der Waals surface area contributed by atoms with Gasteiger partial charge < -0.3 is 0 Å². The first-order valence-electron chi connectivity index (χ1n) is 6.54. The van der Waals surface area contributed by atoms with Crippen molar-refractivity contribution in [1.29, 1.82) is 5.26 Å². The molecule has 2 aromatic carbocycles. The summed E-state index contributed by atoms with van der Waals surface area (Å²) in [5.41, 5.74) is 1.70. The van der Waals surface area contributed by atoms with Gasteiger partial charge in [-0.05, 0) is 36.3 Å². The standard InChI is InChI=1S/C16H11N3O4/c1-11-2-3-12(9-16(11)19(22)23)8-14(10-17)13-4-6-15(7-5-13)18(20)21/h2-9H,1H3. The highest BCUT2D eigenvalue weighted by Gasteiger charge is 2.11. The average Bonchev–Trinajstić information content (AvgIpc) is 2.54. The number of nitrogens with zero attached hydrogens (tertiary/aromatic N) is 3. The first-order chi connectivity index (χ1) is 10.9. The molecule has 0 N–H and O–H groups in total. The molecule has 0 aromatic heterocycles. The van der Waals surface area contributed by atoms with Crippen molar-refractivity contribution in [1.82, 2.24) is 0 Å². The number of rotatable bonds is 4. The van der Waals surface area contributed by atoms with E-state index < -0.39 is 9.85 Å². The minimum atomic E-state index is -0.525. The topological polar surface area (TPSA) is 110 Å². The quantitative estimate of drug-likeness (QED) is 0.368. The zero-order chi connectivity index (χ0) is 17.0. The van der Waals surface area contributed by atoms with Crippen LogP contribution in [0, 0.1) is 38.5 Å². The Morgan fingerprint density at radius 2 is 1.74 bits per heavy atom. The summed E-state index contributed by atoms with van der Waals surface area (Å²) in [5, 5.41) is 30.9. The summed E-state index contributed by atoms with van der Waals surface area (Å²) in [6, 6.07) is 12.2. The molecule has 0 aliphatic heterocycles. The molecule has 2 rings (SSSR count). The molecule has 0 fully saturated rings. The molecular formula is C16H11N3O4. The summed E-state index contributed by atoms with van der Waals surface area (Å²) in [7, 11) is 0. The SMILES string of the molecule is Cc1ccc(C=C(C#N)c2ccc([N+](=O)[O-])cc2)cc1[N+](=O)[O-]. The van der Waals surface area contributed by atoms with Crippen molar-refractivity contribution in [2.45, 2.75) is 6.92 Å². The van der Waals surface area contributed by atoms with Crippen molar-refractivity contribution in [3.63, 3.8) is 0 Å². The Morgan fingerprint density at radius 3 is 2.26 bits per heavy atom. The fraction of sp³-hybridized carbons (Fsp3) is 0.0625. The van der Waals surface area contributed by atoms with E-state index in [4.69, 9.17) is 0 Å². The molecule has 114 valence electrons. The second kappa shape index (κ2) is 6.49. The normalized spacial score (nSPS) is 10.9. The van der Waals surface area contributed by atoms with Crippen LogP contribution in [0.5, 0.6) is 0 Å². The lowest BCUT2D eigenvalue weighted by molar-refractivity contribution is -0.385. The van der Waals surface area contributed by atoms with E-state index in [2.05, 4.69) is 0 Å². The van der Waals surface area contributed by atoms with Gasteiger partial charge in [0.05, 0.1) is 21.5 Å². The molecule has 2 aromatic rings. The van der Waals surface area contributed by atoms with Crippen LogP contribution in [-0.4, -0.2) is 9.85 Å². The van der Waals surface area contributed by atoms with Gasteiger partial charge in [0, 0.05) is 23.8 Å². The van der Waals surface area contributed by atoms with Crippen LogP contribution in [0.25, 0.3) is 11.6 Å². The maximum Gasteiger partial charge on any atom is 0.272 e. The molecule has 0 atom stereocenters. The molecular weight excluding hydrogens is 298 g/mol. The van der Waals surface area contributed by atoms with Crippen molar-refractivity contribution in [2.24, 2.45) is 0 Å². The van der Waals surface area contributed by atoms with Crippen LogP contribution in [0.3, 0.4) is 0 Å². The highest BCUT2D eigenvalue weighted by molar-refractivity contribution is 5.90. The van der Waals surface area contributed by atoms with Gasteiger partial charge in [-0.15, -0.1) is 0 Å². The smallest absolute Gasteiger partial charge is 0.258 e. The molecule has 0 unspecified atom stereocenters. The fourth-order valence-corrected chi connectivity index (χ4v) is 2.02. The lowest BCUT2D eigenvalue weighted by atomic mass is 10.0. The number of nitro groups is 2. The number of allylic oxidation sites excluding steroid dienone is 1. The molecule has 0 amide bonds. The number of non-ortho nitro benzene ring substituents is 1. The van der Waals surface area contributed by atoms with Crippen molar-refractivity contribution >= 4 is 23.0 Å². The molecule has 0 radical (unpaired) electrons. The van der Waals surface area contributed by atoms with Crippen molar-refractivity contribution in [3.8, 4) is 6.07 Å². The lowest BCUT2D eigenvalue weighted by Crippen LogP contribution is -1.92. The fourth-order valence-electron chi connectivity index (χ4n) is 2.02. The number of benzene rings is 2. The second-order valence-corrected chi connectivity index (χ2v) is 4.78. The van der Waals surface area contributed by atoms with Crippen molar-refractivity contribution in [3.05, 3.63) is 79.4 Å². The van der Waals surface area contributed by atoms with Gasteiger partial charge in [0.15, 0.2) is 0 Å². The van der Waals surface area contributed by atoms with Gasteiger partial charge in [-0.2, -0.15) is 5.26 Å².